The summed E-state index contributed by atoms with van der Waals surface area (Å²) in [5, 5.41) is 3.17. The van der Waals surface area contributed by atoms with Gasteiger partial charge in [-0.15, -0.1) is 0 Å². The topological polar surface area (TPSA) is 32.3 Å². The van der Waals surface area contributed by atoms with Crippen molar-refractivity contribution < 1.29 is 4.79 Å². The lowest BCUT2D eigenvalue weighted by Crippen LogP contribution is -2.41. The maximum absolute atomic E-state index is 12.0. The molecule has 18 heavy (non-hydrogen) atoms. The van der Waals surface area contributed by atoms with Crippen LogP contribution in [-0.2, 0) is 4.79 Å². The number of piperidine rings is 1. The Bertz CT molecular complexity index is 405. The third-order valence-corrected chi connectivity index (χ3v) is 3.83. The van der Waals surface area contributed by atoms with E-state index in [2.05, 4.69) is 28.2 Å². The molecule has 4 heteroatoms. The normalized spacial score (nSPS) is 19.7. The van der Waals surface area contributed by atoms with Gasteiger partial charge >= 0.3 is 0 Å². The zero-order valence-corrected chi connectivity index (χ0v) is 12.2. The maximum atomic E-state index is 12.0. The molecule has 1 aromatic rings. The Morgan fingerprint density at radius 2 is 2.17 bits per heavy atom. The highest BCUT2D eigenvalue weighted by Gasteiger charge is 2.20. The number of nitrogens with zero attached hydrogens (tertiary/aromatic N) is 1. The molecule has 1 fully saturated rings. The molecule has 0 aliphatic carbocycles. The minimum Gasteiger partial charge on any atom is -0.376 e. The van der Waals surface area contributed by atoms with Crippen molar-refractivity contribution in [3.05, 3.63) is 28.7 Å². The largest absolute Gasteiger partial charge is 0.376 e. The molecule has 0 radical (unpaired) electrons. The molecule has 1 aliphatic rings. The van der Waals surface area contributed by atoms with Crippen molar-refractivity contribution >= 4 is 27.5 Å². The molecule has 0 aromatic heterocycles. The fourth-order valence-electron chi connectivity index (χ4n) is 2.27. The van der Waals surface area contributed by atoms with Crippen LogP contribution in [0.2, 0.25) is 0 Å². The molecule has 1 N–H and O–H groups in total. The molecule has 1 aliphatic heterocycles. The minimum atomic E-state index is 0.199. The molecule has 1 heterocycles. The molecular weight excluding hydrogens is 292 g/mol. The molecule has 3 nitrogen and oxygen atoms in total. The molecule has 98 valence electrons. The summed E-state index contributed by atoms with van der Waals surface area (Å²) in [7, 11) is 0. The standard InChI is InChI=1S/C14H19BrN2O/c1-11-3-2-8-17(10-11)14(18)9-16-13-6-4-12(15)5-7-13/h4-7,11,16H,2-3,8-10H2,1H3. The first-order valence-electron chi connectivity index (χ1n) is 6.42. The van der Waals surface area contributed by atoms with Gasteiger partial charge in [-0.3, -0.25) is 4.79 Å². The van der Waals surface area contributed by atoms with Gasteiger partial charge in [0, 0.05) is 23.2 Å². The van der Waals surface area contributed by atoms with Gasteiger partial charge in [-0.1, -0.05) is 22.9 Å². The second kappa shape index (κ2) is 6.23. The Hall–Kier alpha value is -1.03. The Labute approximate surface area is 117 Å². The SMILES string of the molecule is CC1CCCN(C(=O)CNc2ccc(Br)cc2)C1. The van der Waals surface area contributed by atoms with E-state index in [4.69, 9.17) is 0 Å². The summed E-state index contributed by atoms with van der Waals surface area (Å²) in [6, 6.07) is 7.87. The zero-order chi connectivity index (χ0) is 13.0. The number of likely N-dealkylation sites (tertiary alicyclic amines) is 1. The predicted molar refractivity (Wildman–Crippen MR) is 77.6 cm³/mol. The van der Waals surface area contributed by atoms with Crippen LogP contribution >= 0.6 is 15.9 Å². The molecule has 1 aromatic carbocycles. The Morgan fingerprint density at radius 1 is 1.44 bits per heavy atom. The van der Waals surface area contributed by atoms with Crippen LogP contribution in [-0.4, -0.2) is 30.4 Å². The first-order chi connectivity index (χ1) is 8.65. The lowest BCUT2D eigenvalue weighted by Gasteiger charge is -2.31. The van der Waals surface area contributed by atoms with Crippen LogP contribution in [0.15, 0.2) is 28.7 Å². The number of hydrogen-bond acceptors (Lipinski definition) is 2. The first-order valence-corrected chi connectivity index (χ1v) is 7.21. The second-order valence-electron chi connectivity index (χ2n) is 4.95. The number of hydrogen-bond donors (Lipinski definition) is 1. The van der Waals surface area contributed by atoms with Gasteiger partial charge in [0.15, 0.2) is 0 Å². The Balaban J connectivity index is 1.82. The van der Waals surface area contributed by atoms with Crippen molar-refractivity contribution in [3.8, 4) is 0 Å². The predicted octanol–water partition coefficient (Wildman–Crippen LogP) is 3.12. The van der Waals surface area contributed by atoms with E-state index in [9.17, 15) is 4.79 Å². The lowest BCUT2D eigenvalue weighted by molar-refractivity contribution is -0.130. The lowest BCUT2D eigenvalue weighted by atomic mass is 10.0. The molecule has 0 bridgehead atoms. The van der Waals surface area contributed by atoms with Crippen LogP contribution in [0, 0.1) is 5.92 Å². The van der Waals surface area contributed by atoms with E-state index >= 15 is 0 Å². The number of nitrogens with one attached hydrogen (secondary N) is 1. The fourth-order valence-corrected chi connectivity index (χ4v) is 2.54. The van der Waals surface area contributed by atoms with Crippen molar-refractivity contribution in [1.82, 2.24) is 4.90 Å². The molecule has 2 rings (SSSR count). The number of amides is 1. The first kappa shape index (κ1) is 13.4. The zero-order valence-electron chi connectivity index (χ0n) is 10.7. The van der Waals surface area contributed by atoms with Gasteiger partial charge in [-0.2, -0.15) is 0 Å². The van der Waals surface area contributed by atoms with Crippen molar-refractivity contribution in [2.24, 2.45) is 5.92 Å². The number of benzene rings is 1. The molecule has 1 saturated heterocycles. The average molecular weight is 311 g/mol. The molecule has 0 spiro atoms. The van der Waals surface area contributed by atoms with Gasteiger partial charge in [0.2, 0.25) is 5.91 Å². The van der Waals surface area contributed by atoms with Gasteiger partial charge in [-0.05, 0) is 43.0 Å². The van der Waals surface area contributed by atoms with Gasteiger partial charge in [0.25, 0.3) is 0 Å². The van der Waals surface area contributed by atoms with Gasteiger partial charge in [-0.25, -0.2) is 0 Å². The van der Waals surface area contributed by atoms with E-state index in [1.807, 2.05) is 29.2 Å². The van der Waals surface area contributed by atoms with Crippen molar-refractivity contribution in [3.63, 3.8) is 0 Å². The second-order valence-corrected chi connectivity index (χ2v) is 5.86. The monoisotopic (exact) mass is 310 g/mol. The smallest absolute Gasteiger partial charge is 0.241 e. The van der Waals surface area contributed by atoms with Crippen LogP contribution in [0.25, 0.3) is 0 Å². The summed E-state index contributed by atoms with van der Waals surface area (Å²) in [6.45, 7) is 4.40. The quantitative estimate of drug-likeness (QED) is 0.930. The summed E-state index contributed by atoms with van der Waals surface area (Å²) in [6.07, 6.45) is 2.37. The van der Waals surface area contributed by atoms with E-state index in [0.717, 1.165) is 29.7 Å². The van der Waals surface area contributed by atoms with E-state index in [1.54, 1.807) is 0 Å². The number of rotatable bonds is 3. The highest BCUT2D eigenvalue weighted by Crippen LogP contribution is 2.16. The minimum absolute atomic E-state index is 0.199. The molecular formula is C14H19BrN2O. The van der Waals surface area contributed by atoms with Gasteiger partial charge in [0.1, 0.15) is 0 Å². The fraction of sp³-hybridized carbons (Fsp3) is 0.500. The van der Waals surface area contributed by atoms with E-state index < -0.39 is 0 Å². The van der Waals surface area contributed by atoms with Crippen LogP contribution < -0.4 is 5.32 Å². The molecule has 1 atom stereocenters. The number of carbonyl (C=O) groups is 1. The Morgan fingerprint density at radius 3 is 2.83 bits per heavy atom. The highest BCUT2D eigenvalue weighted by atomic mass is 79.9. The highest BCUT2D eigenvalue weighted by molar-refractivity contribution is 9.10. The molecule has 1 unspecified atom stereocenters. The van der Waals surface area contributed by atoms with E-state index in [0.29, 0.717) is 12.5 Å². The van der Waals surface area contributed by atoms with Gasteiger partial charge in [0.05, 0.1) is 6.54 Å². The molecule has 1 amide bonds. The Kier molecular flexibility index (Phi) is 4.64. The average Bonchev–Trinajstić information content (AvgIpc) is 2.38. The van der Waals surface area contributed by atoms with E-state index in [-0.39, 0.29) is 5.91 Å². The summed E-state index contributed by atoms with van der Waals surface area (Å²) < 4.78 is 1.05. The third kappa shape index (κ3) is 3.73. The van der Waals surface area contributed by atoms with Crippen LogP contribution in [0.3, 0.4) is 0 Å². The summed E-state index contributed by atoms with van der Waals surface area (Å²) in [5.74, 6) is 0.833. The van der Waals surface area contributed by atoms with Crippen molar-refractivity contribution in [1.29, 1.82) is 0 Å². The van der Waals surface area contributed by atoms with E-state index in [1.165, 1.54) is 6.42 Å². The number of anilines is 1. The van der Waals surface area contributed by atoms with Crippen molar-refractivity contribution in [2.45, 2.75) is 19.8 Å². The summed E-state index contributed by atoms with van der Waals surface area (Å²) in [5.41, 5.74) is 0.983. The maximum Gasteiger partial charge on any atom is 0.241 e. The molecule has 0 saturated carbocycles. The number of halogens is 1. The summed E-state index contributed by atoms with van der Waals surface area (Å²) in [4.78, 5) is 14.0. The third-order valence-electron chi connectivity index (χ3n) is 3.30. The van der Waals surface area contributed by atoms with Crippen molar-refractivity contribution in [2.75, 3.05) is 25.0 Å². The van der Waals surface area contributed by atoms with Crippen LogP contribution in [0.1, 0.15) is 19.8 Å². The van der Waals surface area contributed by atoms with Crippen LogP contribution in [0.5, 0.6) is 0 Å². The summed E-state index contributed by atoms with van der Waals surface area (Å²) >= 11 is 3.39. The van der Waals surface area contributed by atoms with Gasteiger partial charge < -0.3 is 10.2 Å². The van der Waals surface area contributed by atoms with Crippen LogP contribution in [0.4, 0.5) is 5.69 Å². The number of carbonyl (C=O) groups excluding carboxylic acids is 1.